The van der Waals surface area contributed by atoms with Gasteiger partial charge in [-0.2, -0.15) is 0 Å². The van der Waals surface area contributed by atoms with Gasteiger partial charge in [0.05, 0.1) is 37.1 Å². The van der Waals surface area contributed by atoms with E-state index in [9.17, 15) is 4.79 Å². The second kappa shape index (κ2) is 5.93. The summed E-state index contributed by atoms with van der Waals surface area (Å²) in [5.41, 5.74) is 1.57. The summed E-state index contributed by atoms with van der Waals surface area (Å²) < 4.78 is 10.3. The summed E-state index contributed by atoms with van der Waals surface area (Å²) in [6.07, 6.45) is 1.72. The van der Waals surface area contributed by atoms with Gasteiger partial charge in [-0.25, -0.2) is 0 Å². The van der Waals surface area contributed by atoms with Crippen LogP contribution in [0.25, 0.3) is 0 Å². The average molecular weight is 250 g/mol. The fraction of sp³-hybridized carbons (Fsp3) is 0.538. The monoisotopic (exact) mass is 250 g/mol. The number of methoxy groups -OCH3 is 1. The molecule has 0 saturated heterocycles. The van der Waals surface area contributed by atoms with Gasteiger partial charge in [-0.15, -0.1) is 0 Å². The van der Waals surface area contributed by atoms with E-state index >= 15 is 0 Å². The summed E-state index contributed by atoms with van der Waals surface area (Å²) in [6.45, 7) is 4.22. The number of aromatic nitrogens is 1. The molecule has 0 aromatic carbocycles. The number of hydrogen-bond donors (Lipinski definition) is 0. The van der Waals surface area contributed by atoms with E-state index in [1.165, 1.54) is 0 Å². The normalized spacial score (nSPS) is 18.2. The van der Waals surface area contributed by atoms with Crippen LogP contribution in [-0.2, 0) is 9.47 Å². The van der Waals surface area contributed by atoms with Crippen LogP contribution < -0.4 is 0 Å². The number of amides is 1. The molecule has 1 unspecified atom stereocenters. The minimum absolute atomic E-state index is 0.0275. The number of pyridine rings is 1. The van der Waals surface area contributed by atoms with Crippen molar-refractivity contribution in [3.8, 4) is 0 Å². The van der Waals surface area contributed by atoms with E-state index in [1.54, 1.807) is 24.3 Å². The van der Waals surface area contributed by atoms with Crippen LogP contribution in [0.15, 0.2) is 18.3 Å². The number of hydrogen-bond acceptors (Lipinski definition) is 4. The molecule has 0 radical (unpaired) electrons. The predicted molar refractivity (Wildman–Crippen MR) is 66.4 cm³/mol. The minimum atomic E-state index is 0.0275. The van der Waals surface area contributed by atoms with E-state index in [-0.39, 0.29) is 11.9 Å². The molecule has 1 atom stereocenters. The maximum atomic E-state index is 12.1. The summed E-state index contributed by atoms with van der Waals surface area (Å²) >= 11 is 0. The van der Waals surface area contributed by atoms with Crippen molar-refractivity contribution in [3.63, 3.8) is 0 Å². The maximum absolute atomic E-state index is 12.1. The molecular formula is C13H18N2O3. The van der Waals surface area contributed by atoms with E-state index in [2.05, 4.69) is 4.98 Å². The van der Waals surface area contributed by atoms with Crippen LogP contribution >= 0.6 is 0 Å². The molecule has 0 fully saturated rings. The molecule has 0 saturated carbocycles. The van der Waals surface area contributed by atoms with E-state index in [0.29, 0.717) is 31.9 Å². The van der Waals surface area contributed by atoms with Gasteiger partial charge in [-0.3, -0.25) is 9.78 Å². The van der Waals surface area contributed by atoms with Crippen LogP contribution in [0, 0.1) is 0 Å². The van der Waals surface area contributed by atoms with Crippen molar-refractivity contribution >= 4 is 5.91 Å². The van der Waals surface area contributed by atoms with Crippen LogP contribution in [0.4, 0.5) is 0 Å². The highest BCUT2D eigenvalue weighted by atomic mass is 16.5. The van der Waals surface area contributed by atoms with E-state index in [1.807, 2.05) is 13.0 Å². The lowest BCUT2D eigenvalue weighted by Crippen LogP contribution is -2.30. The van der Waals surface area contributed by atoms with E-state index in [4.69, 9.17) is 9.47 Å². The first-order chi connectivity index (χ1) is 8.75. The fourth-order valence-corrected chi connectivity index (χ4v) is 2.11. The number of fused-ring (bicyclic) bond motifs is 1. The molecule has 1 aliphatic rings. The highest BCUT2D eigenvalue weighted by molar-refractivity contribution is 5.98. The van der Waals surface area contributed by atoms with Crippen molar-refractivity contribution in [2.75, 3.05) is 33.5 Å². The highest BCUT2D eigenvalue weighted by Crippen LogP contribution is 2.30. The Hall–Kier alpha value is -1.46. The molecule has 18 heavy (non-hydrogen) atoms. The van der Waals surface area contributed by atoms with Crippen LogP contribution in [0.2, 0.25) is 0 Å². The second-order valence-electron chi connectivity index (χ2n) is 4.22. The molecule has 0 N–H and O–H groups in total. The maximum Gasteiger partial charge on any atom is 0.256 e. The Morgan fingerprint density at radius 3 is 2.94 bits per heavy atom. The van der Waals surface area contributed by atoms with Gasteiger partial charge in [0.1, 0.15) is 0 Å². The zero-order chi connectivity index (χ0) is 13.0. The fourth-order valence-electron chi connectivity index (χ4n) is 2.11. The molecule has 2 rings (SSSR count). The zero-order valence-corrected chi connectivity index (χ0v) is 10.8. The summed E-state index contributed by atoms with van der Waals surface area (Å²) in [7, 11) is 1.64. The molecule has 0 spiro atoms. The lowest BCUT2D eigenvalue weighted by Gasteiger charge is -2.21. The second-order valence-corrected chi connectivity index (χ2v) is 4.22. The number of ether oxygens (including phenoxy) is 2. The van der Waals surface area contributed by atoms with E-state index in [0.717, 1.165) is 5.69 Å². The SMILES string of the molecule is COCCOCCN1C(=O)c2cccnc2C1C. The van der Waals surface area contributed by atoms with Crippen molar-refractivity contribution < 1.29 is 14.3 Å². The van der Waals surface area contributed by atoms with Gasteiger partial charge in [0, 0.05) is 19.9 Å². The van der Waals surface area contributed by atoms with Crippen molar-refractivity contribution in [2.24, 2.45) is 0 Å². The average Bonchev–Trinajstić information content (AvgIpc) is 2.64. The number of carbonyl (C=O) groups excluding carboxylic acids is 1. The van der Waals surface area contributed by atoms with Crippen LogP contribution in [0.3, 0.4) is 0 Å². The zero-order valence-electron chi connectivity index (χ0n) is 10.8. The Labute approximate surface area is 107 Å². The van der Waals surface area contributed by atoms with Gasteiger partial charge >= 0.3 is 0 Å². The Kier molecular flexibility index (Phi) is 4.28. The van der Waals surface area contributed by atoms with E-state index < -0.39 is 0 Å². The first-order valence-corrected chi connectivity index (χ1v) is 6.08. The number of nitrogens with zero attached hydrogens (tertiary/aromatic N) is 2. The van der Waals surface area contributed by atoms with Gasteiger partial charge in [0.25, 0.3) is 5.91 Å². The molecule has 5 nitrogen and oxygen atoms in total. The Bertz CT molecular complexity index is 422. The predicted octanol–water partition coefficient (Wildman–Crippen LogP) is 1.26. The third-order valence-corrected chi connectivity index (χ3v) is 3.10. The molecule has 1 aliphatic heterocycles. The Morgan fingerprint density at radius 2 is 2.22 bits per heavy atom. The summed E-state index contributed by atoms with van der Waals surface area (Å²) in [5.74, 6) is 0.0425. The quantitative estimate of drug-likeness (QED) is 0.713. The van der Waals surface area contributed by atoms with Gasteiger partial charge in [-0.1, -0.05) is 0 Å². The van der Waals surface area contributed by atoms with Crippen molar-refractivity contribution in [2.45, 2.75) is 13.0 Å². The smallest absolute Gasteiger partial charge is 0.256 e. The van der Waals surface area contributed by atoms with Crippen molar-refractivity contribution in [1.82, 2.24) is 9.88 Å². The van der Waals surface area contributed by atoms with Crippen LogP contribution in [0.5, 0.6) is 0 Å². The molecule has 5 heteroatoms. The number of carbonyl (C=O) groups is 1. The highest BCUT2D eigenvalue weighted by Gasteiger charge is 2.34. The lowest BCUT2D eigenvalue weighted by molar-refractivity contribution is 0.0456. The molecule has 1 aromatic rings. The molecule has 98 valence electrons. The largest absolute Gasteiger partial charge is 0.382 e. The lowest BCUT2D eigenvalue weighted by atomic mass is 10.2. The first kappa shape index (κ1) is 13.0. The molecule has 1 amide bonds. The summed E-state index contributed by atoms with van der Waals surface area (Å²) in [4.78, 5) is 18.2. The molecular weight excluding hydrogens is 232 g/mol. The standard InChI is InChI=1S/C13H18N2O3/c1-10-12-11(4-3-5-14-12)13(16)15(10)6-7-18-9-8-17-2/h3-5,10H,6-9H2,1-2H3. The molecule has 2 heterocycles. The topological polar surface area (TPSA) is 51.7 Å². The summed E-state index contributed by atoms with van der Waals surface area (Å²) in [5, 5.41) is 0. The van der Waals surface area contributed by atoms with Crippen LogP contribution in [0.1, 0.15) is 29.0 Å². The summed E-state index contributed by atoms with van der Waals surface area (Å²) in [6, 6.07) is 3.65. The molecule has 0 bridgehead atoms. The van der Waals surface area contributed by atoms with Gasteiger partial charge in [0.15, 0.2) is 0 Å². The van der Waals surface area contributed by atoms with Crippen LogP contribution in [-0.4, -0.2) is 49.3 Å². The third kappa shape index (κ3) is 2.52. The minimum Gasteiger partial charge on any atom is -0.382 e. The van der Waals surface area contributed by atoms with Gasteiger partial charge in [0.2, 0.25) is 0 Å². The van der Waals surface area contributed by atoms with Gasteiger partial charge < -0.3 is 14.4 Å². The van der Waals surface area contributed by atoms with Gasteiger partial charge in [-0.05, 0) is 19.1 Å². The molecule has 0 aliphatic carbocycles. The third-order valence-electron chi connectivity index (χ3n) is 3.10. The Morgan fingerprint density at radius 1 is 1.39 bits per heavy atom. The van der Waals surface area contributed by atoms with Crippen molar-refractivity contribution in [3.05, 3.63) is 29.6 Å². The number of rotatable bonds is 6. The van der Waals surface area contributed by atoms with Crippen molar-refractivity contribution in [1.29, 1.82) is 0 Å². The molecule has 1 aromatic heterocycles. The first-order valence-electron chi connectivity index (χ1n) is 6.08. The Balaban J connectivity index is 1.90.